The number of hydrogen-bond donors (Lipinski definition) is 2. The van der Waals surface area contributed by atoms with Crippen molar-refractivity contribution in [1.29, 1.82) is 0 Å². The van der Waals surface area contributed by atoms with Gasteiger partial charge in [0, 0.05) is 41.4 Å². The number of carbonyl (C=O) groups is 3. The van der Waals surface area contributed by atoms with Crippen molar-refractivity contribution >= 4 is 29.0 Å². The minimum atomic E-state index is -1.04. The lowest BCUT2D eigenvalue weighted by Crippen LogP contribution is -2.40. The van der Waals surface area contributed by atoms with E-state index in [-0.39, 0.29) is 29.8 Å². The van der Waals surface area contributed by atoms with Crippen LogP contribution in [-0.2, 0) is 16.0 Å². The molecule has 0 aromatic heterocycles. The number of hydrogen-bond acceptors (Lipinski definition) is 5. The number of halogens is 1. The number of carbonyl (C=O) groups excluding carboxylic acids is 2. The lowest BCUT2D eigenvalue weighted by atomic mass is 9.84. The van der Waals surface area contributed by atoms with Crippen LogP contribution in [-0.4, -0.2) is 42.0 Å². The lowest BCUT2D eigenvalue weighted by molar-refractivity contribution is -0.137. The zero-order valence-corrected chi connectivity index (χ0v) is 24.3. The molecule has 0 spiro atoms. The van der Waals surface area contributed by atoms with E-state index in [4.69, 9.17) is 4.74 Å². The molecule has 2 N–H and O–H groups in total. The first-order valence-corrected chi connectivity index (χ1v) is 14.9. The molecule has 1 unspecified atom stereocenters. The number of aliphatic carboxylic acids is 1. The minimum absolute atomic E-state index is 0.00585. The van der Waals surface area contributed by atoms with Gasteiger partial charge in [-0.25, -0.2) is 9.18 Å². The van der Waals surface area contributed by atoms with E-state index in [1.807, 2.05) is 18.2 Å². The number of ketones is 1. The van der Waals surface area contributed by atoms with Crippen molar-refractivity contribution < 1.29 is 28.6 Å². The van der Waals surface area contributed by atoms with Crippen LogP contribution >= 0.6 is 0 Å². The van der Waals surface area contributed by atoms with Gasteiger partial charge in [0.2, 0.25) is 5.91 Å². The molecule has 226 valence electrons. The highest BCUT2D eigenvalue weighted by Crippen LogP contribution is 2.30. The van der Waals surface area contributed by atoms with Crippen molar-refractivity contribution in [3.63, 3.8) is 0 Å². The van der Waals surface area contributed by atoms with Crippen LogP contribution in [0.25, 0.3) is 0 Å². The van der Waals surface area contributed by atoms with E-state index in [9.17, 15) is 23.9 Å². The van der Waals surface area contributed by atoms with Crippen LogP contribution in [0.5, 0.6) is 5.75 Å². The van der Waals surface area contributed by atoms with Crippen LogP contribution in [0.2, 0.25) is 0 Å². The summed E-state index contributed by atoms with van der Waals surface area (Å²) in [6.45, 7) is 0.770. The van der Waals surface area contributed by atoms with Gasteiger partial charge >= 0.3 is 5.97 Å². The summed E-state index contributed by atoms with van der Waals surface area (Å²) in [5.41, 5.74) is 2.72. The Morgan fingerprint density at radius 1 is 0.909 bits per heavy atom. The minimum Gasteiger partial charge on any atom is -0.494 e. The van der Waals surface area contributed by atoms with Gasteiger partial charge < -0.3 is 20.1 Å². The van der Waals surface area contributed by atoms with E-state index in [1.165, 1.54) is 12.1 Å². The first-order chi connectivity index (χ1) is 21.4. The Morgan fingerprint density at radius 2 is 1.64 bits per heavy atom. The highest BCUT2D eigenvalue weighted by Gasteiger charge is 2.30. The number of anilines is 2. The van der Waals surface area contributed by atoms with E-state index in [0.29, 0.717) is 47.8 Å². The molecular weight excluding hydrogens is 559 g/mol. The van der Waals surface area contributed by atoms with Crippen LogP contribution in [0.1, 0.15) is 47.2 Å². The molecule has 0 heterocycles. The Kier molecular flexibility index (Phi) is 10.0. The molecule has 44 heavy (non-hydrogen) atoms. The summed E-state index contributed by atoms with van der Waals surface area (Å²) in [6, 6.07) is 28.1. The van der Waals surface area contributed by atoms with Gasteiger partial charge in [-0.2, -0.15) is 0 Å². The van der Waals surface area contributed by atoms with Crippen molar-refractivity contribution in [3.8, 4) is 5.75 Å². The SMILES string of the molecule is O=C(c1ccccc1)c1ccccc1NC(Cc1ccc(OCCCN(C(=O)C2CCC2)c2cccc(F)c2)cc1)C(=O)O. The third kappa shape index (κ3) is 7.69. The number of amides is 1. The molecule has 7 nitrogen and oxygen atoms in total. The first kappa shape index (κ1) is 30.5. The van der Waals surface area contributed by atoms with Crippen LogP contribution in [0.15, 0.2) is 103 Å². The molecule has 0 aliphatic heterocycles. The Morgan fingerprint density at radius 3 is 2.32 bits per heavy atom. The molecule has 1 atom stereocenters. The second kappa shape index (κ2) is 14.5. The summed E-state index contributed by atoms with van der Waals surface area (Å²) in [5.74, 6) is -0.962. The number of rotatable bonds is 14. The Bertz CT molecular complexity index is 1590. The van der Waals surface area contributed by atoms with Gasteiger partial charge in [-0.05, 0) is 67.3 Å². The van der Waals surface area contributed by atoms with Gasteiger partial charge in [0.25, 0.3) is 0 Å². The summed E-state index contributed by atoms with van der Waals surface area (Å²) in [4.78, 5) is 39.9. The van der Waals surface area contributed by atoms with Crippen molar-refractivity contribution in [2.75, 3.05) is 23.4 Å². The summed E-state index contributed by atoms with van der Waals surface area (Å²) in [7, 11) is 0. The number of carboxylic acids is 1. The number of nitrogens with zero attached hydrogens (tertiary/aromatic N) is 1. The molecule has 4 aromatic carbocycles. The molecule has 1 saturated carbocycles. The molecule has 4 aromatic rings. The maximum atomic E-state index is 13.9. The number of nitrogens with one attached hydrogen (secondary N) is 1. The Labute approximate surface area is 256 Å². The predicted octanol–water partition coefficient (Wildman–Crippen LogP) is 6.77. The predicted molar refractivity (Wildman–Crippen MR) is 168 cm³/mol. The molecule has 0 radical (unpaired) electrons. The van der Waals surface area contributed by atoms with Crippen LogP contribution in [0.3, 0.4) is 0 Å². The van der Waals surface area contributed by atoms with E-state index in [0.717, 1.165) is 24.8 Å². The molecule has 1 amide bonds. The highest BCUT2D eigenvalue weighted by molar-refractivity contribution is 6.12. The molecule has 0 saturated heterocycles. The molecule has 1 aliphatic rings. The quantitative estimate of drug-likeness (QED) is 0.124. The van der Waals surface area contributed by atoms with E-state index < -0.39 is 12.0 Å². The van der Waals surface area contributed by atoms with Crippen LogP contribution in [0.4, 0.5) is 15.8 Å². The van der Waals surface area contributed by atoms with Gasteiger partial charge in [-0.1, -0.05) is 67.1 Å². The standard InChI is InChI=1S/C36H35FN2O5/c37-28-13-7-14-29(24-28)39(35(41)27-11-6-12-27)21-8-22-44-30-19-17-25(18-20-30)23-33(36(42)43)38-32-16-5-4-15-31(32)34(40)26-9-2-1-3-10-26/h1-5,7,9-10,13-20,24,27,33,38H,6,8,11-12,21-23H2,(H,42,43). The van der Waals surface area contributed by atoms with Crippen molar-refractivity contribution in [3.05, 3.63) is 126 Å². The fraction of sp³-hybridized carbons (Fsp3) is 0.250. The zero-order valence-electron chi connectivity index (χ0n) is 24.3. The molecule has 1 fully saturated rings. The smallest absolute Gasteiger partial charge is 0.326 e. The third-order valence-electron chi connectivity index (χ3n) is 7.83. The topological polar surface area (TPSA) is 95.9 Å². The maximum Gasteiger partial charge on any atom is 0.326 e. The van der Waals surface area contributed by atoms with E-state index >= 15 is 0 Å². The summed E-state index contributed by atoms with van der Waals surface area (Å²) in [5, 5.41) is 13.0. The van der Waals surface area contributed by atoms with Gasteiger partial charge in [0.1, 0.15) is 17.6 Å². The molecule has 0 bridgehead atoms. The van der Waals surface area contributed by atoms with Crippen molar-refractivity contribution in [2.24, 2.45) is 5.92 Å². The normalized spacial score (nSPS) is 13.4. The average Bonchev–Trinajstić information content (AvgIpc) is 3.01. The monoisotopic (exact) mass is 594 g/mol. The van der Waals surface area contributed by atoms with E-state index in [2.05, 4.69) is 5.32 Å². The molecular formula is C36H35FN2O5. The first-order valence-electron chi connectivity index (χ1n) is 14.9. The molecule has 8 heteroatoms. The fourth-order valence-electron chi connectivity index (χ4n) is 5.20. The fourth-order valence-corrected chi connectivity index (χ4v) is 5.20. The Balaban J connectivity index is 1.17. The zero-order chi connectivity index (χ0) is 30.9. The number of benzene rings is 4. The summed E-state index contributed by atoms with van der Waals surface area (Å²) in [6.07, 6.45) is 3.52. The van der Waals surface area contributed by atoms with Crippen molar-refractivity contribution in [1.82, 2.24) is 0 Å². The van der Waals surface area contributed by atoms with Crippen molar-refractivity contribution in [2.45, 2.75) is 38.1 Å². The largest absolute Gasteiger partial charge is 0.494 e. The second-order valence-corrected chi connectivity index (χ2v) is 10.9. The molecule has 5 rings (SSSR count). The highest BCUT2D eigenvalue weighted by atomic mass is 19.1. The second-order valence-electron chi connectivity index (χ2n) is 10.9. The number of carboxylic acid groups (broad SMARTS) is 1. The molecule has 1 aliphatic carbocycles. The van der Waals surface area contributed by atoms with Gasteiger partial charge in [0.15, 0.2) is 5.78 Å². The average molecular weight is 595 g/mol. The number of ether oxygens (including phenoxy) is 1. The van der Waals surface area contributed by atoms with Gasteiger partial charge in [-0.3, -0.25) is 9.59 Å². The summed E-state index contributed by atoms with van der Waals surface area (Å²) >= 11 is 0. The summed E-state index contributed by atoms with van der Waals surface area (Å²) < 4.78 is 19.8. The number of para-hydroxylation sites is 1. The van der Waals surface area contributed by atoms with Gasteiger partial charge in [-0.15, -0.1) is 0 Å². The lowest BCUT2D eigenvalue weighted by Gasteiger charge is -2.31. The van der Waals surface area contributed by atoms with E-state index in [1.54, 1.807) is 77.7 Å². The van der Waals surface area contributed by atoms with Gasteiger partial charge in [0.05, 0.1) is 6.61 Å². The Hall–Kier alpha value is -4.98. The van der Waals surface area contributed by atoms with Crippen LogP contribution < -0.4 is 15.0 Å². The van der Waals surface area contributed by atoms with Crippen LogP contribution in [0, 0.1) is 11.7 Å². The maximum absolute atomic E-state index is 13.9. The third-order valence-corrected chi connectivity index (χ3v) is 7.83.